The molecule has 0 aromatic heterocycles. The summed E-state index contributed by atoms with van der Waals surface area (Å²) in [4.78, 5) is 43.5. The van der Waals surface area contributed by atoms with Gasteiger partial charge in [0.15, 0.2) is 17.3 Å². The molecule has 4 heteroatoms. The highest BCUT2D eigenvalue weighted by Gasteiger charge is 2.02. The van der Waals surface area contributed by atoms with Crippen LogP contribution < -0.4 is 0 Å². The van der Waals surface area contributed by atoms with Crippen LogP contribution in [0.15, 0.2) is 36.5 Å². The molecule has 0 aliphatic heterocycles. The Morgan fingerprint density at radius 1 is 0.636 bits per heavy atom. The van der Waals surface area contributed by atoms with Gasteiger partial charge in [0.25, 0.3) is 0 Å². The lowest BCUT2D eigenvalue weighted by molar-refractivity contribution is -0.118. The molecule has 0 saturated carbocycles. The zero-order valence-electron chi connectivity index (χ0n) is 22.9. The normalized spacial score (nSPS) is 11.3. The van der Waals surface area contributed by atoms with Crippen molar-refractivity contribution >= 4 is 23.1 Å². The Labute approximate surface area is 204 Å². The van der Waals surface area contributed by atoms with Crippen LogP contribution in [0.25, 0.3) is 0 Å². The molecule has 0 aromatic rings. The van der Waals surface area contributed by atoms with Crippen molar-refractivity contribution < 1.29 is 19.2 Å². The molecule has 0 radical (unpaired) electrons. The van der Waals surface area contributed by atoms with E-state index in [1.165, 1.54) is 0 Å². The van der Waals surface area contributed by atoms with E-state index in [4.69, 9.17) is 0 Å². The summed E-state index contributed by atoms with van der Waals surface area (Å²) in [6.07, 6.45) is 15.1. The first kappa shape index (κ1) is 35.5. The number of carbonyl (C=O) groups excluding carboxylic acids is 4. The Balaban J connectivity index is -0.000000423. The zero-order valence-corrected chi connectivity index (χ0v) is 22.9. The van der Waals surface area contributed by atoms with Crippen LogP contribution in [0, 0.1) is 23.7 Å². The lowest BCUT2D eigenvalue weighted by Gasteiger charge is -1.97. The number of unbranched alkanes of at least 4 members (excludes halogenated alkanes) is 2. The second-order valence-corrected chi connectivity index (χ2v) is 9.44. The summed E-state index contributed by atoms with van der Waals surface area (Å²) in [7, 11) is 0. The van der Waals surface area contributed by atoms with Crippen LogP contribution in [0.2, 0.25) is 0 Å². The van der Waals surface area contributed by atoms with E-state index in [0.717, 1.165) is 25.7 Å². The maximum Gasteiger partial charge on any atom is 0.157 e. The number of hydrogen-bond donors (Lipinski definition) is 0. The molecule has 0 atom stereocenters. The van der Waals surface area contributed by atoms with Crippen molar-refractivity contribution in [1.29, 1.82) is 0 Å². The molecule has 0 aliphatic rings. The first-order valence-corrected chi connectivity index (χ1v) is 12.4. The predicted octanol–water partition coefficient (Wildman–Crippen LogP) is 7.52. The van der Waals surface area contributed by atoms with Crippen molar-refractivity contribution in [3.05, 3.63) is 36.5 Å². The van der Waals surface area contributed by atoms with Crippen molar-refractivity contribution in [3.63, 3.8) is 0 Å². The molecule has 0 heterocycles. The summed E-state index contributed by atoms with van der Waals surface area (Å²) < 4.78 is 0. The third-order valence-corrected chi connectivity index (χ3v) is 4.30. The Hall–Kier alpha value is -2.10. The minimum atomic E-state index is 0.0865. The van der Waals surface area contributed by atoms with Crippen LogP contribution in [0.5, 0.6) is 0 Å². The van der Waals surface area contributed by atoms with Gasteiger partial charge in [-0.1, -0.05) is 80.5 Å². The van der Waals surface area contributed by atoms with Gasteiger partial charge < -0.3 is 4.79 Å². The number of ketones is 4. The summed E-state index contributed by atoms with van der Waals surface area (Å²) in [5.41, 5.74) is 0. The Morgan fingerprint density at radius 3 is 1.42 bits per heavy atom. The molecule has 4 nitrogen and oxygen atoms in total. The van der Waals surface area contributed by atoms with Crippen LogP contribution in [0.1, 0.15) is 101 Å². The SMILES string of the molecule is CC(=O)CCCC/C=C/C(=O)C(C)C.CC(C)/C=C/C(=O)C(C)C.CC/C=C/C(=O)C(C)C. The van der Waals surface area contributed by atoms with Crippen molar-refractivity contribution in [3.8, 4) is 0 Å². The van der Waals surface area contributed by atoms with Gasteiger partial charge in [0.2, 0.25) is 0 Å². The molecule has 0 saturated heterocycles. The van der Waals surface area contributed by atoms with Gasteiger partial charge in [-0.05, 0) is 56.8 Å². The van der Waals surface area contributed by atoms with E-state index in [0.29, 0.717) is 12.3 Å². The average Bonchev–Trinajstić information content (AvgIpc) is 2.72. The highest BCUT2D eigenvalue weighted by molar-refractivity contribution is 5.91. The van der Waals surface area contributed by atoms with E-state index >= 15 is 0 Å². The molecule has 0 spiro atoms. The van der Waals surface area contributed by atoms with E-state index < -0.39 is 0 Å². The summed E-state index contributed by atoms with van der Waals surface area (Å²) in [6, 6.07) is 0. The molecule has 0 bridgehead atoms. The predicted molar refractivity (Wildman–Crippen MR) is 141 cm³/mol. The van der Waals surface area contributed by atoms with Gasteiger partial charge in [-0.25, -0.2) is 0 Å². The highest BCUT2D eigenvalue weighted by atomic mass is 16.1. The van der Waals surface area contributed by atoms with Crippen LogP contribution in [-0.4, -0.2) is 23.1 Å². The van der Waals surface area contributed by atoms with Gasteiger partial charge in [0.05, 0.1) is 0 Å². The number of hydrogen-bond acceptors (Lipinski definition) is 4. The molecule has 0 fully saturated rings. The fraction of sp³-hybridized carbons (Fsp3) is 0.655. The van der Waals surface area contributed by atoms with Crippen LogP contribution >= 0.6 is 0 Å². The lowest BCUT2D eigenvalue weighted by Crippen LogP contribution is -2.02. The molecule has 33 heavy (non-hydrogen) atoms. The van der Waals surface area contributed by atoms with E-state index in [9.17, 15) is 19.2 Å². The molecule has 0 aliphatic carbocycles. The largest absolute Gasteiger partial charge is 0.300 e. The van der Waals surface area contributed by atoms with E-state index in [2.05, 4.69) is 13.8 Å². The monoisotopic (exact) mass is 462 g/mol. The van der Waals surface area contributed by atoms with Gasteiger partial charge in [0.1, 0.15) is 5.78 Å². The first-order valence-electron chi connectivity index (χ1n) is 12.4. The Morgan fingerprint density at radius 2 is 1.06 bits per heavy atom. The zero-order chi connectivity index (χ0) is 26.4. The number of Topliss-reactive ketones (excluding diaryl/α,β-unsaturated/α-hetero) is 1. The number of rotatable bonds is 13. The maximum atomic E-state index is 11.1. The fourth-order valence-electron chi connectivity index (χ4n) is 1.93. The highest BCUT2D eigenvalue weighted by Crippen LogP contribution is 2.03. The van der Waals surface area contributed by atoms with Gasteiger partial charge in [-0.3, -0.25) is 14.4 Å². The fourth-order valence-corrected chi connectivity index (χ4v) is 1.93. The quantitative estimate of drug-likeness (QED) is 0.210. The third kappa shape index (κ3) is 29.9. The lowest BCUT2D eigenvalue weighted by atomic mass is 10.1. The number of carbonyl (C=O) groups is 4. The summed E-state index contributed by atoms with van der Waals surface area (Å²) in [5.74, 6) is 1.70. The first-order chi connectivity index (χ1) is 15.3. The molecule has 0 unspecified atom stereocenters. The molecular weight excluding hydrogens is 412 g/mol. The molecule has 0 rings (SSSR count). The Bertz CT molecular complexity index is 632. The number of allylic oxidation sites excluding steroid dienone is 6. The second kappa shape index (κ2) is 23.1. The topological polar surface area (TPSA) is 68.3 Å². The van der Waals surface area contributed by atoms with E-state index in [1.54, 1.807) is 25.2 Å². The molecule has 0 N–H and O–H groups in total. The smallest absolute Gasteiger partial charge is 0.157 e. The van der Waals surface area contributed by atoms with Crippen molar-refractivity contribution in [2.45, 2.75) is 101 Å². The molecule has 190 valence electrons. The van der Waals surface area contributed by atoms with Crippen LogP contribution in [-0.2, 0) is 19.2 Å². The van der Waals surface area contributed by atoms with Gasteiger partial charge in [-0.15, -0.1) is 0 Å². The van der Waals surface area contributed by atoms with Gasteiger partial charge in [-0.2, -0.15) is 0 Å². The van der Waals surface area contributed by atoms with E-state index in [-0.39, 0.29) is 40.9 Å². The minimum absolute atomic E-state index is 0.0865. The molecule has 0 aromatic carbocycles. The minimum Gasteiger partial charge on any atom is -0.300 e. The van der Waals surface area contributed by atoms with Crippen LogP contribution in [0.3, 0.4) is 0 Å². The van der Waals surface area contributed by atoms with Crippen molar-refractivity contribution in [2.24, 2.45) is 23.7 Å². The van der Waals surface area contributed by atoms with Crippen LogP contribution in [0.4, 0.5) is 0 Å². The van der Waals surface area contributed by atoms with Gasteiger partial charge in [0, 0.05) is 24.2 Å². The third-order valence-electron chi connectivity index (χ3n) is 4.30. The molecule has 0 amide bonds. The standard InChI is InChI=1S/C12H20O2.C9H16O.C8H14O/c1-10(2)12(14)9-7-5-4-6-8-11(3)13;1-7(2)5-6-9(10)8(3)4;1-4-5-6-8(9)7(2)3/h7,9-10H,4-6,8H2,1-3H3;5-8H,1-4H3;5-7H,4H2,1-3H3/b9-7+;2*6-5+. The second-order valence-electron chi connectivity index (χ2n) is 9.44. The maximum absolute atomic E-state index is 11.1. The van der Waals surface area contributed by atoms with Gasteiger partial charge >= 0.3 is 0 Å². The van der Waals surface area contributed by atoms with Crippen molar-refractivity contribution in [1.82, 2.24) is 0 Å². The average molecular weight is 463 g/mol. The summed E-state index contributed by atoms with van der Waals surface area (Å²) in [6.45, 7) is 19.2. The van der Waals surface area contributed by atoms with E-state index in [1.807, 2.05) is 66.7 Å². The summed E-state index contributed by atoms with van der Waals surface area (Å²) in [5, 5.41) is 0. The Kier molecular flexibility index (Phi) is 24.8. The van der Waals surface area contributed by atoms with Crippen molar-refractivity contribution in [2.75, 3.05) is 0 Å². The molecular formula is C29H50O4. The summed E-state index contributed by atoms with van der Waals surface area (Å²) >= 11 is 0.